The molecule has 82 valence electrons. The molecule has 0 amide bonds. The van der Waals surface area contributed by atoms with Crippen LogP contribution in [-0.4, -0.2) is 0 Å². The van der Waals surface area contributed by atoms with Crippen LogP contribution in [0.5, 0.6) is 0 Å². The van der Waals surface area contributed by atoms with Crippen LogP contribution in [0.3, 0.4) is 0 Å². The molecule has 0 nitrogen and oxygen atoms in total. The van der Waals surface area contributed by atoms with Crippen LogP contribution in [0.15, 0.2) is 54.6 Å². The number of halogens is 2. The van der Waals surface area contributed by atoms with Gasteiger partial charge >= 0.3 is 0 Å². The summed E-state index contributed by atoms with van der Waals surface area (Å²) in [5, 5.41) is 0.836. The topological polar surface area (TPSA) is 0 Å². The lowest BCUT2D eigenvalue weighted by molar-refractivity contribution is 0.949. The van der Waals surface area contributed by atoms with Crippen LogP contribution >= 0.6 is 27.5 Å². The molecule has 0 aliphatic carbocycles. The maximum atomic E-state index is 6.13. The second kappa shape index (κ2) is 5.51. The molecule has 16 heavy (non-hydrogen) atoms. The molecule has 2 aromatic carbocycles. The van der Waals surface area contributed by atoms with Gasteiger partial charge in [0.05, 0.1) is 0 Å². The van der Waals surface area contributed by atoms with Crippen molar-refractivity contribution in [1.29, 1.82) is 0 Å². The average Bonchev–Trinajstić information content (AvgIpc) is 2.33. The summed E-state index contributed by atoms with van der Waals surface area (Å²) in [5.74, 6) is 0. The molecule has 1 unspecified atom stereocenters. The van der Waals surface area contributed by atoms with Gasteiger partial charge < -0.3 is 0 Å². The van der Waals surface area contributed by atoms with Crippen molar-refractivity contribution in [3.63, 3.8) is 0 Å². The summed E-state index contributed by atoms with van der Waals surface area (Å²) in [6, 6.07) is 18.3. The quantitative estimate of drug-likeness (QED) is 0.698. The first-order chi connectivity index (χ1) is 7.77. The number of hydrogen-bond acceptors (Lipinski definition) is 0. The molecular weight excluding hydrogens is 284 g/mol. The van der Waals surface area contributed by atoms with Crippen LogP contribution in [0.2, 0.25) is 5.02 Å². The second-order valence-corrected chi connectivity index (χ2v) is 5.19. The Morgan fingerprint density at radius 2 is 1.56 bits per heavy atom. The van der Waals surface area contributed by atoms with Crippen molar-refractivity contribution in [2.45, 2.75) is 11.2 Å². The molecule has 0 heterocycles. The molecular formula is C14H12BrCl. The Labute approximate surface area is 109 Å². The molecule has 0 N–H and O–H groups in total. The maximum absolute atomic E-state index is 6.13. The van der Waals surface area contributed by atoms with E-state index in [1.807, 2.05) is 24.3 Å². The lowest BCUT2D eigenvalue weighted by Gasteiger charge is -2.11. The van der Waals surface area contributed by atoms with Crippen molar-refractivity contribution < 1.29 is 0 Å². The highest BCUT2D eigenvalue weighted by Crippen LogP contribution is 2.29. The van der Waals surface area contributed by atoms with Crippen molar-refractivity contribution in [3.8, 4) is 0 Å². The molecule has 2 heteroatoms. The van der Waals surface area contributed by atoms with Gasteiger partial charge in [0.25, 0.3) is 0 Å². The standard InChI is InChI=1S/C14H12BrCl/c15-13(11-6-2-1-3-7-11)10-12-8-4-5-9-14(12)16/h1-9,13H,10H2. The Morgan fingerprint density at radius 3 is 2.25 bits per heavy atom. The minimum absolute atomic E-state index is 0.314. The third kappa shape index (κ3) is 2.87. The normalized spacial score (nSPS) is 12.4. The van der Waals surface area contributed by atoms with Crippen LogP contribution in [0.1, 0.15) is 16.0 Å². The molecule has 2 aromatic rings. The van der Waals surface area contributed by atoms with E-state index in [0.717, 1.165) is 11.4 Å². The Balaban J connectivity index is 2.14. The fourth-order valence-corrected chi connectivity index (χ4v) is 2.50. The van der Waals surface area contributed by atoms with Gasteiger partial charge in [-0.3, -0.25) is 0 Å². The second-order valence-electron chi connectivity index (χ2n) is 3.67. The number of rotatable bonds is 3. The van der Waals surface area contributed by atoms with E-state index in [2.05, 4.69) is 46.3 Å². The minimum Gasteiger partial charge on any atom is -0.0840 e. The summed E-state index contributed by atoms with van der Waals surface area (Å²) < 4.78 is 0. The smallest absolute Gasteiger partial charge is 0.0438 e. The van der Waals surface area contributed by atoms with Gasteiger partial charge in [-0.05, 0) is 23.6 Å². The van der Waals surface area contributed by atoms with Crippen LogP contribution in [0.25, 0.3) is 0 Å². The molecule has 0 aromatic heterocycles. The van der Waals surface area contributed by atoms with E-state index in [-0.39, 0.29) is 0 Å². The van der Waals surface area contributed by atoms with Crippen molar-refractivity contribution in [3.05, 3.63) is 70.7 Å². The van der Waals surface area contributed by atoms with Crippen molar-refractivity contribution in [2.24, 2.45) is 0 Å². The largest absolute Gasteiger partial charge is 0.0840 e. The summed E-state index contributed by atoms with van der Waals surface area (Å²) in [6.45, 7) is 0. The van der Waals surface area contributed by atoms with E-state index in [0.29, 0.717) is 4.83 Å². The average molecular weight is 296 g/mol. The van der Waals surface area contributed by atoms with Crippen LogP contribution in [-0.2, 0) is 6.42 Å². The molecule has 0 saturated heterocycles. The van der Waals surface area contributed by atoms with Gasteiger partial charge in [0.2, 0.25) is 0 Å². The SMILES string of the molecule is Clc1ccccc1CC(Br)c1ccccc1. The highest BCUT2D eigenvalue weighted by Gasteiger charge is 2.09. The molecule has 0 aliphatic rings. The zero-order chi connectivity index (χ0) is 11.4. The maximum Gasteiger partial charge on any atom is 0.0438 e. The highest BCUT2D eigenvalue weighted by atomic mass is 79.9. The molecule has 2 rings (SSSR count). The third-order valence-corrected chi connectivity index (χ3v) is 3.74. The molecule has 0 fully saturated rings. The van der Waals surface area contributed by atoms with Crippen molar-refractivity contribution in [1.82, 2.24) is 0 Å². The van der Waals surface area contributed by atoms with Gasteiger partial charge in [-0.25, -0.2) is 0 Å². The molecule has 0 spiro atoms. The predicted octanol–water partition coefficient (Wildman–Crippen LogP) is 5.02. The monoisotopic (exact) mass is 294 g/mol. The third-order valence-electron chi connectivity index (χ3n) is 2.52. The zero-order valence-corrected chi connectivity index (χ0v) is 11.1. The van der Waals surface area contributed by atoms with Gasteiger partial charge in [-0.1, -0.05) is 76.1 Å². The van der Waals surface area contributed by atoms with Gasteiger partial charge in [-0.15, -0.1) is 0 Å². The van der Waals surface area contributed by atoms with Crippen LogP contribution in [0, 0.1) is 0 Å². The first-order valence-electron chi connectivity index (χ1n) is 5.20. The minimum atomic E-state index is 0.314. The van der Waals surface area contributed by atoms with E-state index in [4.69, 9.17) is 11.6 Å². The Morgan fingerprint density at radius 1 is 0.938 bits per heavy atom. The van der Waals surface area contributed by atoms with Crippen molar-refractivity contribution in [2.75, 3.05) is 0 Å². The van der Waals surface area contributed by atoms with E-state index in [1.54, 1.807) is 0 Å². The Kier molecular flexibility index (Phi) is 4.03. The van der Waals surface area contributed by atoms with E-state index in [1.165, 1.54) is 11.1 Å². The number of benzene rings is 2. The number of alkyl halides is 1. The fourth-order valence-electron chi connectivity index (χ4n) is 1.64. The first-order valence-corrected chi connectivity index (χ1v) is 6.49. The summed E-state index contributed by atoms with van der Waals surface area (Å²) in [4.78, 5) is 0.314. The molecule has 1 atom stereocenters. The van der Waals surface area contributed by atoms with Crippen LogP contribution < -0.4 is 0 Å². The molecule has 0 saturated carbocycles. The molecule has 0 bridgehead atoms. The molecule has 0 aliphatic heterocycles. The van der Waals surface area contributed by atoms with E-state index in [9.17, 15) is 0 Å². The van der Waals surface area contributed by atoms with Gasteiger partial charge in [0.15, 0.2) is 0 Å². The predicted molar refractivity (Wildman–Crippen MR) is 73.3 cm³/mol. The summed E-state index contributed by atoms with van der Waals surface area (Å²) >= 11 is 9.83. The first kappa shape index (κ1) is 11.7. The lowest BCUT2D eigenvalue weighted by atomic mass is 10.0. The zero-order valence-electron chi connectivity index (χ0n) is 8.74. The van der Waals surface area contributed by atoms with Gasteiger partial charge in [0.1, 0.15) is 0 Å². The number of hydrogen-bond donors (Lipinski definition) is 0. The van der Waals surface area contributed by atoms with E-state index < -0.39 is 0 Å². The summed E-state index contributed by atoms with van der Waals surface area (Å²) in [5.41, 5.74) is 2.46. The Bertz CT molecular complexity index is 453. The highest BCUT2D eigenvalue weighted by molar-refractivity contribution is 9.09. The van der Waals surface area contributed by atoms with E-state index >= 15 is 0 Å². The Hall–Kier alpha value is -0.790. The summed E-state index contributed by atoms with van der Waals surface area (Å²) in [6.07, 6.45) is 0.906. The van der Waals surface area contributed by atoms with Crippen molar-refractivity contribution >= 4 is 27.5 Å². The summed E-state index contributed by atoms with van der Waals surface area (Å²) in [7, 11) is 0. The van der Waals surface area contributed by atoms with Gasteiger partial charge in [-0.2, -0.15) is 0 Å². The lowest BCUT2D eigenvalue weighted by Crippen LogP contribution is -1.95. The fraction of sp³-hybridized carbons (Fsp3) is 0.143. The van der Waals surface area contributed by atoms with Crippen LogP contribution in [0.4, 0.5) is 0 Å². The molecule has 0 radical (unpaired) electrons. The van der Waals surface area contributed by atoms with Gasteiger partial charge in [0, 0.05) is 9.85 Å².